The predicted molar refractivity (Wildman–Crippen MR) is 91.0 cm³/mol. The zero-order chi connectivity index (χ0) is 17.8. The lowest BCUT2D eigenvalue weighted by Gasteiger charge is -2.18. The molecule has 0 fully saturated rings. The van der Waals surface area contributed by atoms with Gasteiger partial charge in [0.05, 0.1) is 22.8 Å². The number of nitrogens with two attached hydrogens (primary N) is 1. The molecule has 7 nitrogen and oxygen atoms in total. The Hall–Kier alpha value is -2.09. The fourth-order valence-corrected chi connectivity index (χ4v) is 2.83. The van der Waals surface area contributed by atoms with Gasteiger partial charge in [0.2, 0.25) is 0 Å². The topological polar surface area (TPSA) is 103 Å². The van der Waals surface area contributed by atoms with Crippen LogP contribution in [0, 0.1) is 6.92 Å². The maximum absolute atomic E-state index is 11.9. The molecule has 0 atom stereocenters. The van der Waals surface area contributed by atoms with E-state index in [0.717, 1.165) is 0 Å². The van der Waals surface area contributed by atoms with Crippen molar-refractivity contribution >= 4 is 34.1 Å². The minimum absolute atomic E-state index is 0.274. The standard InChI is InChI=1S/C15H23N3O4S/c1-7-21-13(19)10-8(2)11(23-12(10)16)9(3)17-18-14(20)22-15(4,5)6/h7,16H2,1-6H3,(H,18,20). The van der Waals surface area contributed by atoms with Crippen LogP contribution >= 0.6 is 11.3 Å². The molecule has 1 aromatic heterocycles. The van der Waals surface area contributed by atoms with Gasteiger partial charge in [-0.15, -0.1) is 11.3 Å². The molecule has 0 saturated heterocycles. The van der Waals surface area contributed by atoms with Gasteiger partial charge in [0.15, 0.2) is 0 Å². The van der Waals surface area contributed by atoms with Crippen LogP contribution in [0.2, 0.25) is 0 Å². The van der Waals surface area contributed by atoms with Crippen molar-refractivity contribution in [1.29, 1.82) is 0 Å². The normalized spacial score (nSPS) is 12.0. The number of amides is 1. The first-order chi connectivity index (χ1) is 10.6. The van der Waals surface area contributed by atoms with Crippen LogP contribution in [0.5, 0.6) is 0 Å². The highest BCUT2D eigenvalue weighted by atomic mass is 32.1. The number of carbonyl (C=O) groups excluding carboxylic acids is 2. The highest BCUT2D eigenvalue weighted by Gasteiger charge is 2.22. The number of nitrogens with one attached hydrogen (secondary N) is 1. The van der Waals surface area contributed by atoms with Gasteiger partial charge >= 0.3 is 12.1 Å². The van der Waals surface area contributed by atoms with Crippen molar-refractivity contribution in [3.05, 3.63) is 16.0 Å². The Labute approximate surface area is 139 Å². The van der Waals surface area contributed by atoms with Gasteiger partial charge in [0.25, 0.3) is 0 Å². The first kappa shape index (κ1) is 19.0. The van der Waals surface area contributed by atoms with Gasteiger partial charge in [-0.2, -0.15) is 5.10 Å². The zero-order valence-corrected chi connectivity index (χ0v) is 15.1. The summed E-state index contributed by atoms with van der Waals surface area (Å²) in [5, 5.41) is 4.36. The molecule has 0 aromatic carbocycles. The molecule has 1 heterocycles. The molecule has 0 radical (unpaired) electrons. The molecule has 23 heavy (non-hydrogen) atoms. The van der Waals surface area contributed by atoms with Gasteiger partial charge in [-0.25, -0.2) is 15.0 Å². The van der Waals surface area contributed by atoms with Gasteiger partial charge < -0.3 is 15.2 Å². The van der Waals surface area contributed by atoms with Gasteiger partial charge in [0, 0.05) is 0 Å². The van der Waals surface area contributed by atoms with E-state index in [-0.39, 0.29) is 6.61 Å². The SMILES string of the molecule is CCOC(=O)c1c(N)sc(C(C)=NNC(=O)OC(C)(C)C)c1C. The Bertz CT molecular complexity index is 629. The summed E-state index contributed by atoms with van der Waals surface area (Å²) in [7, 11) is 0. The fraction of sp³-hybridized carbons (Fsp3) is 0.533. The van der Waals surface area contributed by atoms with Gasteiger partial charge in [0.1, 0.15) is 10.6 Å². The summed E-state index contributed by atoms with van der Waals surface area (Å²) in [4.78, 5) is 24.2. The lowest BCUT2D eigenvalue weighted by molar-refractivity contribution is 0.0517. The predicted octanol–water partition coefficient (Wildman–Crippen LogP) is 3.06. The Morgan fingerprint density at radius 2 is 1.96 bits per heavy atom. The molecule has 1 amide bonds. The maximum atomic E-state index is 11.9. The average molecular weight is 341 g/mol. The molecule has 0 bridgehead atoms. The maximum Gasteiger partial charge on any atom is 0.428 e. The number of nitrogens with zero attached hydrogens (tertiary/aromatic N) is 1. The number of rotatable bonds is 4. The minimum Gasteiger partial charge on any atom is -0.462 e. The van der Waals surface area contributed by atoms with E-state index in [4.69, 9.17) is 15.2 Å². The lowest BCUT2D eigenvalue weighted by Crippen LogP contribution is -2.30. The summed E-state index contributed by atoms with van der Waals surface area (Å²) >= 11 is 1.22. The van der Waals surface area contributed by atoms with Crippen LogP contribution in [0.1, 0.15) is 55.4 Å². The monoisotopic (exact) mass is 341 g/mol. The first-order valence-corrected chi connectivity index (χ1v) is 7.98. The number of nitrogen functional groups attached to an aromatic ring is 1. The van der Waals surface area contributed by atoms with E-state index < -0.39 is 17.7 Å². The van der Waals surface area contributed by atoms with Crippen molar-refractivity contribution in [1.82, 2.24) is 5.43 Å². The Kier molecular flexibility index (Phi) is 6.14. The molecule has 1 rings (SSSR count). The highest BCUT2D eigenvalue weighted by molar-refractivity contribution is 7.18. The second-order valence-corrected chi connectivity index (χ2v) is 6.88. The van der Waals surface area contributed by atoms with Gasteiger partial charge in [-0.3, -0.25) is 0 Å². The average Bonchev–Trinajstić information content (AvgIpc) is 2.69. The molecule has 0 unspecified atom stereocenters. The third kappa shape index (κ3) is 5.24. The van der Waals surface area contributed by atoms with Crippen LogP contribution in [-0.4, -0.2) is 30.0 Å². The summed E-state index contributed by atoms with van der Waals surface area (Å²) in [6.07, 6.45) is -0.648. The van der Waals surface area contributed by atoms with Crippen LogP contribution in [0.15, 0.2) is 5.10 Å². The molecule has 0 aliphatic heterocycles. The van der Waals surface area contributed by atoms with Gasteiger partial charge in [-0.1, -0.05) is 0 Å². The van der Waals surface area contributed by atoms with Crippen molar-refractivity contribution in [3.63, 3.8) is 0 Å². The number of carbonyl (C=O) groups is 2. The van der Waals surface area contributed by atoms with Crippen LogP contribution in [0.3, 0.4) is 0 Å². The molecular weight excluding hydrogens is 318 g/mol. The second kappa shape index (κ2) is 7.45. The summed E-state index contributed by atoms with van der Waals surface area (Å²) < 4.78 is 10.1. The summed E-state index contributed by atoms with van der Waals surface area (Å²) in [5.41, 5.74) is 9.18. The number of thiophene rings is 1. The molecule has 0 aliphatic rings. The van der Waals surface area contributed by atoms with E-state index in [1.165, 1.54) is 11.3 Å². The molecule has 8 heteroatoms. The highest BCUT2D eigenvalue weighted by Crippen LogP contribution is 2.31. The number of hydrazone groups is 1. The Morgan fingerprint density at radius 3 is 2.48 bits per heavy atom. The van der Waals surface area contributed by atoms with Crippen molar-refractivity contribution in [3.8, 4) is 0 Å². The molecule has 0 saturated carbocycles. The molecule has 1 aromatic rings. The Balaban J connectivity index is 2.94. The molecule has 0 spiro atoms. The summed E-state index contributed by atoms with van der Waals surface area (Å²) in [6, 6.07) is 0. The molecule has 3 N–H and O–H groups in total. The zero-order valence-electron chi connectivity index (χ0n) is 14.3. The van der Waals surface area contributed by atoms with E-state index in [1.807, 2.05) is 0 Å². The van der Waals surface area contributed by atoms with E-state index in [9.17, 15) is 9.59 Å². The van der Waals surface area contributed by atoms with Crippen molar-refractivity contribution in [2.24, 2.45) is 5.10 Å². The van der Waals surface area contributed by atoms with Crippen LogP contribution in [-0.2, 0) is 9.47 Å². The third-order valence-electron chi connectivity index (χ3n) is 2.70. The summed E-state index contributed by atoms with van der Waals surface area (Å²) in [5.74, 6) is -0.460. The van der Waals surface area contributed by atoms with E-state index in [2.05, 4.69) is 10.5 Å². The third-order valence-corrected chi connectivity index (χ3v) is 3.93. The number of ether oxygens (including phenoxy) is 2. The number of anilines is 1. The minimum atomic E-state index is -0.648. The van der Waals surface area contributed by atoms with Crippen molar-refractivity contribution in [2.45, 2.75) is 47.1 Å². The van der Waals surface area contributed by atoms with Gasteiger partial charge in [-0.05, 0) is 47.1 Å². The fourth-order valence-electron chi connectivity index (χ4n) is 1.82. The Morgan fingerprint density at radius 1 is 1.35 bits per heavy atom. The van der Waals surface area contributed by atoms with Crippen LogP contribution in [0.4, 0.5) is 9.80 Å². The summed E-state index contributed by atoms with van der Waals surface area (Å²) in [6.45, 7) is 10.8. The van der Waals surface area contributed by atoms with Crippen LogP contribution < -0.4 is 11.2 Å². The van der Waals surface area contributed by atoms with E-state index in [0.29, 0.717) is 26.7 Å². The smallest absolute Gasteiger partial charge is 0.428 e. The number of esters is 1. The quantitative estimate of drug-likeness (QED) is 0.498. The second-order valence-electron chi connectivity index (χ2n) is 5.83. The molecule has 0 aliphatic carbocycles. The molecule has 128 valence electrons. The molecular formula is C15H23N3O4S. The van der Waals surface area contributed by atoms with E-state index in [1.54, 1.807) is 41.5 Å². The largest absolute Gasteiger partial charge is 0.462 e. The number of hydrogen-bond acceptors (Lipinski definition) is 7. The van der Waals surface area contributed by atoms with Crippen molar-refractivity contribution < 1.29 is 19.1 Å². The first-order valence-electron chi connectivity index (χ1n) is 7.16. The lowest BCUT2D eigenvalue weighted by atomic mass is 10.1. The van der Waals surface area contributed by atoms with Crippen LogP contribution in [0.25, 0.3) is 0 Å². The van der Waals surface area contributed by atoms with Crippen molar-refractivity contribution in [2.75, 3.05) is 12.3 Å². The number of hydrogen-bond donors (Lipinski definition) is 2. The van der Waals surface area contributed by atoms with E-state index >= 15 is 0 Å².